The Balaban J connectivity index is 2.14. The average molecular weight is 254 g/mol. The van der Waals surface area contributed by atoms with Crippen LogP contribution in [0.5, 0.6) is 0 Å². The Hall–Kier alpha value is -2.76. The summed E-state index contributed by atoms with van der Waals surface area (Å²) in [6, 6.07) is 9.39. The predicted molar refractivity (Wildman–Crippen MR) is 68.0 cm³/mol. The van der Waals surface area contributed by atoms with Gasteiger partial charge in [-0.05, 0) is 18.2 Å². The molecular formula is C13H10N4O2. The van der Waals surface area contributed by atoms with Gasteiger partial charge >= 0.3 is 5.97 Å². The minimum Gasteiger partial charge on any atom is -0.463 e. The van der Waals surface area contributed by atoms with E-state index in [0.29, 0.717) is 5.82 Å². The van der Waals surface area contributed by atoms with E-state index < -0.39 is 5.97 Å². The Kier molecular flexibility index (Phi) is 2.68. The maximum atomic E-state index is 11.4. The first kappa shape index (κ1) is 11.3. The number of nitrogens with zero attached hydrogens (tertiary/aromatic N) is 4. The summed E-state index contributed by atoms with van der Waals surface area (Å²) in [4.78, 5) is 23.8. The zero-order valence-electron chi connectivity index (χ0n) is 10.1. The summed E-state index contributed by atoms with van der Waals surface area (Å²) in [6.45, 7) is 0. The third-order valence-corrected chi connectivity index (χ3v) is 2.71. The predicted octanol–water partition coefficient (Wildman–Crippen LogP) is 1.60. The van der Waals surface area contributed by atoms with Crippen molar-refractivity contribution in [2.45, 2.75) is 0 Å². The third kappa shape index (κ3) is 1.93. The van der Waals surface area contributed by atoms with Crippen LogP contribution in [0.1, 0.15) is 10.6 Å². The smallest absolute Gasteiger partial charge is 0.376 e. The highest BCUT2D eigenvalue weighted by molar-refractivity contribution is 5.85. The largest absolute Gasteiger partial charge is 0.463 e. The summed E-state index contributed by atoms with van der Waals surface area (Å²) in [6.07, 6.45) is 3.18. The Bertz CT molecular complexity index is 751. The maximum Gasteiger partial charge on any atom is 0.376 e. The molecule has 0 aliphatic rings. The monoisotopic (exact) mass is 254 g/mol. The SMILES string of the molecule is COC(=O)c1nccc(-n2cnc3ccccc32)n1. The molecule has 0 atom stereocenters. The van der Waals surface area contributed by atoms with E-state index in [2.05, 4.69) is 19.7 Å². The summed E-state index contributed by atoms with van der Waals surface area (Å²) in [7, 11) is 1.30. The van der Waals surface area contributed by atoms with Gasteiger partial charge in [-0.15, -0.1) is 0 Å². The molecule has 0 saturated heterocycles. The molecule has 0 radical (unpaired) electrons. The Morgan fingerprint density at radius 3 is 2.89 bits per heavy atom. The fraction of sp³-hybridized carbons (Fsp3) is 0.0769. The van der Waals surface area contributed by atoms with Gasteiger partial charge in [-0.2, -0.15) is 0 Å². The first-order valence-corrected chi connectivity index (χ1v) is 5.63. The Morgan fingerprint density at radius 1 is 1.21 bits per heavy atom. The summed E-state index contributed by atoms with van der Waals surface area (Å²) in [5, 5.41) is 0. The van der Waals surface area contributed by atoms with E-state index in [1.807, 2.05) is 24.3 Å². The topological polar surface area (TPSA) is 69.9 Å². The molecule has 0 spiro atoms. The first-order chi connectivity index (χ1) is 9.29. The van der Waals surface area contributed by atoms with Crippen molar-refractivity contribution in [2.75, 3.05) is 7.11 Å². The number of hydrogen-bond acceptors (Lipinski definition) is 5. The van der Waals surface area contributed by atoms with Crippen LogP contribution in [0.15, 0.2) is 42.9 Å². The zero-order chi connectivity index (χ0) is 13.2. The molecule has 6 heteroatoms. The summed E-state index contributed by atoms with van der Waals surface area (Å²) < 4.78 is 6.40. The van der Waals surface area contributed by atoms with Crippen LogP contribution in [0.3, 0.4) is 0 Å². The number of fused-ring (bicyclic) bond motifs is 1. The number of rotatable bonds is 2. The number of benzene rings is 1. The van der Waals surface area contributed by atoms with Crippen molar-refractivity contribution in [2.24, 2.45) is 0 Å². The molecule has 3 rings (SSSR count). The lowest BCUT2D eigenvalue weighted by atomic mass is 10.3. The van der Waals surface area contributed by atoms with E-state index in [-0.39, 0.29) is 5.82 Å². The number of esters is 1. The summed E-state index contributed by atoms with van der Waals surface area (Å²) in [5.41, 5.74) is 1.78. The van der Waals surface area contributed by atoms with E-state index in [9.17, 15) is 4.79 Å². The molecule has 0 amide bonds. The van der Waals surface area contributed by atoms with Crippen LogP contribution >= 0.6 is 0 Å². The molecule has 0 fully saturated rings. The molecule has 1 aromatic carbocycles. The maximum absolute atomic E-state index is 11.4. The van der Waals surface area contributed by atoms with Crippen molar-refractivity contribution in [3.63, 3.8) is 0 Å². The van der Waals surface area contributed by atoms with Gasteiger partial charge in [0.05, 0.1) is 18.1 Å². The lowest BCUT2D eigenvalue weighted by molar-refractivity contribution is 0.0586. The third-order valence-electron chi connectivity index (χ3n) is 2.71. The van der Waals surface area contributed by atoms with Crippen molar-refractivity contribution >= 4 is 17.0 Å². The highest BCUT2D eigenvalue weighted by Gasteiger charge is 2.11. The van der Waals surface area contributed by atoms with Crippen molar-refractivity contribution in [3.05, 3.63) is 48.7 Å². The van der Waals surface area contributed by atoms with Gasteiger partial charge in [-0.25, -0.2) is 19.7 Å². The van der Waals surface area contributed by atoms with Crippen LogP contribution in [0, 0.1) is 0 Å². The molecule has 0 unspecified atom stereocenters. The summed E-state index contributed by atoms with van der Waals surface area (Å²) >= 11 is 0. The van der Waals surface area contributed by atoms with Gasteiger partial charge in [0.2, 0.25) is 5.82 Å². The number of methoxy groups -OCH3 is 1. The van der Waals surface area contributed by atoms with Gasteiger partial charge in [0, 0.05) is 6.20 Å². The number of imidazole rings is 1. The van der Waals surface area contributed by atoms with E-state index in [4.69, 9.17) is 0 Å². The van der Waals surface area contributed by atoms with Crippen LogP contribution in [0.25, 0.3) is 16.9 Å². The Morgan fingerprint density at radius 2 is 2.05 bits per heavy atom. The fourth-order valence-corrected chi connectivity index (χ4v) is 1.81. The molecule has 0 bridgehead atoms. The highest BCUT2D eigenvalue weighted by atomic mass is 16.5. The quantitative estimate of drug-likeness (QED) is 0.650. The van der Waals surface area contributed by atoms with Crippen molar-refractivity contribution < 1.29 is 9.53 Å². The minimum atomic E-state index is -0.564. The van der Waals surface area contributed by atoms with Crippen molar-refractivity contribution in [1.82, 2.24) is 19.5 Å². The number of aromatic nitrogens is 4. The molecule has 6 nitrogen and oxygen atoms in total. The molecule has 94 valence electrons. The molecule has 0 aliphatic heterocycles. The van der Waals surface area contributed by atoms with Gasteiger partial charge in [-0.3, -0.25) is 4.57 Å². The van der Waals surface area contributed by atoms with Crippen LogP contribution in [-0.4, -0.2) is 32.6 Å². The number of para-hydroxylation sites is 2. The van der Waals surface area contributed by atoms with Crippen molar-refractivity contribution in [1.29, 1.82) is 0 Å². The number of carbonyl (C=O) groups is 1. The van der Waals surface area contributed by atoms with Gasteiger partial charge in [-0.1, -0.05) is 12.1 Å². The van der Waals surface area contributed by atoms with Crippen LogP contribution in [-0.2, 0) is 4.74 Å². The minimum absolute atomic E-state index is 0.0257. The van der Waals surface area contributed by atoms with E-state index in [1.54, 1.807) is 17.0 Å². The molecule has 0 aliphatic carbocycles. The lowest BCUT2D eigenvalue weighted by Gasteiger charge is -2.04. The molecule has 3 aromatic rings. The van der Waals surface area contributed by atoms with E-state index in [1.165, 1.54) is 13.3 Å². The highest BCUT2D eigenvalue weighted by Crippen LogP contribution is 2.16. The van der Waals surface area contributed by atoms with Crippen LogP contribution in [0.2, 0.25) is 0 Å². The fourth-order valence-electron chi connectivity index (χ4n) is 1.81. The first-order valence-electron chi connectivity index (χ1n) is 5.63. The van der Waals surface area contributed by atoms with Gasteiger partial charge < -0.3 is 4.74 Å². The van der Waals surface area contributed by atoms with Gasteiger partial charge in [0.1, 0.15) is 12.1 Å². The van der Waals surface area contributed by atoms with Gasteiger partial charge in [0.15, 0.2) is 0 Å². The molecule has 2 aromatic heterocycles. The standard InChI is InChI=1S/C13H10N4O2/c1-19-13(18)12-14-7-6-11(16-12)17-8-15-9-4-2-3-5-10(9)17/h2-8H,1H3. The molecule has 2 heterocycles. The number of carbonyl (C=O) groups excluding carboxylic acids is 1. The normalized spacial score (nSPS) is 10.6. The van der Waals surface area contributed by atoms with Gasteiger partial charge in [0.25, 0.3) is 0 Å². The Labute approximate surface area is 108 Å². The van der Waals surface area contributed by atoms with Crippen LogP contribution < -0.4 is 0 Å². The van der Waals surface area contributed by atoms with Crippen LogP contribution in [0.4, 0.5) is 0 Å². The summed E-state index contributed by atoms with van der Waals surface area (Å²) in [5.74, 6) is 0.0353. The number of ether oxygens (including phenoxy) is 1. The molecule has 19 heavy (non-hydrogen) atoms. The second kappa shape index (κ2) is 4.49. The van der Waals surface area contributed by atoms with E-state index >= 15 is 0 Å². The lowest BCUT2D eigenvalue weighted by Crippen LogP contribution is -2.09. The number of hydrogen-bond donors (Lipinski definition) is 0. The second-order valence-electron chi connectivity index (χ2n) is 3.83. The molecule has 0 saturated carbocycles. The average Bonchev–Trinajstić information content (AvgIpc) is 2.90. The molecular weight excluding hydrogens is 244 g/mol. The zero-order valence-corrected chi connectivity index (χ0v) is 10.1. The van der Waals surface area contributed by atoms with Crippen molar-refractivity contribution in [3.8, 4) is 5.82 Å². The van der Waals surface area contributed by atoms with E-state index in [0.717, 1.165) is 11.0 Å². The molecule has 0 N–H and O–H groups in total. The second-order valence-corrected chi connectivity index (χ2v) is 3.83.